The molecule has 2 aliphatic rings. The van der Waals surface area contributed by atoms with Gasteiger partial charge in [0.15, 0.2) is 0 Å². The Bertz CT molecular complexity index is 754. The van der Waals surface area contributed by atoms with Crippen molar-refractivity contribution in [2.45, 2.75) is 37.1 Å². The van der Waals surface area contributed by atoms with E-state index in [1.807, 2.05) is 0 Å². The van der Waals surface area contributed by atoms with Crippen molar-refractivity contribution in [3.05, 3.63) is 28.8 Å². The van der Waals surface area contributed by atoms with Gasteiger partial charge in [0, 0.05) is 27.5 Å². The van der Waals surface area contributed by atoms with Gasteiger partial charge in [-0.1, -0.05) is 39.4 Å². The Labute approximate surface area is 156 Å². The lowest BCUT2D eigenvalue weighted by atomic mass is 9.91. The van der Waals surface area contributed by atoms with Crippen LogP contribution in [0.1, 0.15) is 24.8 Å². The summed E-state index contributed by atoms with van der Waals surface area (Å²) < 4.78 is 47.9. The zero-order valence-corrected chi connectivity index (χ0v) is 15.3. The summed E-state index contributed by atoms with van der Waals surface area (Å²) in [6.07, 6.45) is -4.51. The maximum absolute atomic E-state index is 14.2. The number of ether oxygens (including phenoxy) is 1. The third kappa shape index (κ3) is 3.67. The Hall–Kier alpha value is -1.23. The van der Waals surface area contributed by atoms with Crippen LogP contribution in [0, 0.1) is 17.8 Å². The summed E-state index contributed by atoms with van der Waals surface area (Å²) in [7, 11) is 0. The van der Waals surface area contributed by atoms with Crippen molar-refractivity contribution in [3.63, 3.8) is 0 Å². The lowest BCUT2D eigenvalue weighted by Gasteiger charge is -2.33. The van der Waals surface area contributed by atoms with Crippen molar-refractivity contribution in [1.29, 1.82) is 0 Å². The maximum atomic E-state index is 14.2. The van der Waals surface area contributed by atoms with Crippen molar-refractivity contribution < 1.29 is 22.7 Å². The minimum absolute atomic E-state index is 0.00824. The first-order valence-electron chi connectivity index (χ1n) is 7.71. The molecule has 0 unspecified atom stereocenters. The third-order valence-electron chi connectivity index (χ3n) is 4.03. The van der Waals surface area contributed by atoms with E-state index < -0.39 is 23.8 Å². The Morgan fingerprint density at radius 3 is 2.72 bits per heavy atom. The fraction of sp³-hybridized carbons (Fsp3) is 0.471. The van der Waals surface area contributed by atoms with Gasteiger partial charge in [0.25, 0.3) is 11.5 Å². The van der Waals surface area contributed by atoms with E-state index in [0.29, 0.717) is 5.33 Å². The lowest BCUT2D eigenvalue weighted by Crippen LogP contribution is -2.47. The summed E-state index contributed by atoms with van der Waals surface area (Å²) in [4.78, 5) is 12.3. The molecule has 134 valence electrons. The Morgan fingerprint density at radius 1 is 1.40 bits per heavy atom. The number of carbonyl (C=O) groups excluding carboxylic acids is 1. The summed E-state index contributed by atoms with van der Waals surface area (Å²) >= 11 is 9.07. The van der Waals surface area contributed by atoms with E-state index in [-0.39, 0.29) is 28.6 Å². The van der Waals surface area contributed by atoms with E-state index in [0.717, 1.165) is 18.9 Å². The molecule has 1 aliphatic heterocycles. The smallest absolute Gasteiger partial charge is 0.337 e. The molecule has 1 aromatic rings. The molecule has 3 nitrogen and oxygen atoms in total. The first-order chi connectivity index (χ1) is 11.8. The number of hydrogen-bond acceptors (Lipinski definition) is 2. The van der Waals surface area contributed by atoms with Crippen molar-refractivity contribution in [2.75, 3.05) is 10.6 Å². The quantitative estimate of drug-likeness (QED) is 0.542. The van der Waals surface area contributed by atoms with Crippen LogP contribution in [0.2, 0.25) is 5.02 Å². The molecule has 0 saturated heterocycles. The van der Waals surface area contributed by atoms with Crippen LogP contribution in [0.15, 0.2) is 18.2 Å². The summed E-state index contributed by atoms with van der Waals surface area (Å²) in [5.41, 5.74) is -3.18. The maximum Gasteiger partial charge on any atom is 0.433 e. The van der Waals surface area contributed by atoms with Gasteiger partial charge in [0.1, 0.15) is 6.10 Å². The SMILES string of the molecule is O=C1Nc2ccc(Cl)cc2[C@@](C#CC2CC2)(C(F)(F)F)O[C@H]1CCBr. The van der Waals surface area contributed by atoms with Gasteiger partial charge >= 0.3 is 6.18 Å². The first kappa shape index (κ1) is 18.6. The van der Waals surface area contributed by atoms with E-state index in [1.165, 1.54) is 12.1 Å². The van der Waals surface area contributed by atoms with Crippen LogP contribution >= 0.6 is 27.5 Å². The second-order valence-electron chi connectivity index (χ2n) is 5.99. The molecule has 1 saturated carbocycles. The van der Waals surface area contributed by atoms with E-state index in [9.17, 15) is 18.0 Å². The number of carbonyl (C=O) groups is 1. The average Bonchev–Trinajstić information content (AvgIpc) is 3.35. The molecule has 0 bridgehead atoms. The van der Waals surface area contributed by atoms with Crippen molar-refractivity contribution in [1.82, 2.24) is 0 Å². The van der Waals surface area contributed by atoms with Gasteiger partial charge < -0.3 is 10.1 Å². The van der Waals surface area contributed by atoms with Crippen LogP contribution in [0.3, 0.4) is 0 Å². The van der Waals surface area contributed by atoms with Gasteiger partial charge in [-0.15, -0.1) is 0 Å². The first-order valence-corrected chi connectivity index (χ1v) is 9.21. The molecule has 1 amide bonds. The van der Waals surface area contributed by atoms with Gasteiger partial charge in [0.05, 0.1) is 0 Å². The largest absolute Gasteiger partial charge is 0.433 e. The van der Waals surface area contributed by atoms with Crippen LogP contribution in [0.4, 0.5) is 18.9 Å². The number of rotatable bonds is 2. The van der Waals surface area contributed by atoms with Crippen molar-refractivity contribution >= 4 is 39.1 Å². The highest BCUT2D eigenvalue weighted by atomic mass is 79.9. The standard InChI is InChI=1S/C17H14BrClF3NO2/c18-8-6-14-15(24)23-13-4-3-11(19)9-12(13)16(25-14,17(20,21)22)7-5-10-1-2-10/h3-4,9-10,14H,1-2,6,8H2,(H,23,24)/t14-,16-/m0/s1. The molecule has 1 fully saturated rings. The van der Waals surface area contributed by atoms with Gasteiger partial charge in [-0.25, -0.2) is 0 Å². The zero-order valence-electron chi connectivity index (χ0n) is 12.9. The molecule has 0 aromatic heterocycles. The number of anilines is 1. The predicted octanol–water partition coefficient (Wildman–Crippen LogP) is 4.63. The summed E-state index contributed by atoms with van der Waals surface area (Å²) in [6.45, 7) is 0. The van der Waals surface area contributed by atoms with E-state index >= 15 is 0 Å². The predicted molar refractivity (Wildman–Crippen MR) is 91.6 cm³/mol. The summed E-state index contributed by atoms with van der Waals surface area (Å²) in [5.74, 6) is 4.26. The molecule has 1 heterocycles. The number of fused-ring (bicyclic) bond motifs is 1. The molecule has 1 aliphatic carbocycles. The number of amides is 1. The van der Waals surface area contributed by atoms with Crippen molar-refractivity contribution in [2.24, 2.45) is 5.92 Å². The molecular formula is C17H14BrClF3NO2. The van der Waals surface area contributed by atoms with Crippen LogP contribution in [0.5, 0.6) is 0 Å². The second kappa shape index (κ2) is 6.82. The van der Waals surface area contributed by atoms with E-state index in [4.69, 9.17) is 16.3 Å². The van der Waals surface area contributed by atoms with Gasteiger partial charge in [-0.3, -0.25) is 4.79 Å². The molecule has 1 aromatic carbocycles. The van der Waals surface area contributed by atoms with Crippen LogP contribution in [-0.4, -0.2) is 23.5 Å². The highest BCUT2D eigenvalue weighted by Crippen LogP contribution is 2.48. The fourth-order valence-corrected chi connectivity index (χ4v) is 3.16. The minimum Gasteiger partial charge on any atom is -0.337 e. The topological polar surface area (TPSA) is 38.3 Å². The van der Waals surface area contributed by atoms with E-state index in [1.54, 1.807) is 0 Å². The number of benzene rings is 1. The molecule has 3 rings (SSSR count). The van der Waals surface area contributed by atoms with Gasteiger partial charge in [0.2, 0.25) is 0 Å². The molecule has 1 N–H and O–H groups in total. The highest BCUT2D eigenvalue weighted by molar-refractivity contribution is 9.09. The molecule has 25 heavy (non-hydrogen) atoms. The van der Waals surface area contributed by atoms with Crippen LogP contribution < -0.4 is 5.32 Å². The van der Waals surface area contributed by atoms with E-state index in [2.05, 4.69) is 33.1 Å². The lowest BCUT2D eigenvalue weighted by molar-refractivity contribution is -0.268. The Morgan fingerprint density at radius 2 is 2.12 bits per heavy atom. The number of hydrogen-bond donors (Lipinski definition) is 1. The highest BCUT2D eigenvalue weighted by Gasteiger charge is 2.60. The molecule has 2 atom stereocenters. The molecule has 0 spiro atoms. The molecule has 0 radical (unpaired) electrons. The van der Waals surface area contributed by atoms with Gasteiger partial charge in [-0.2, -0.15) is 13.2 Å². The molecular weight excluding hydrogens is 423 g/mol. The Kier molecular flexibility index (Phi) is 5.06. The minimum atomic E-state index is -4.84. The van der Waals surface area contributed by atoms with Crippen molar-refractivity contribution in [3.8, 4) is 11.8 Å². The number of halogens is 5. The normalized spacial score (nSPS) is 26.1. The third-order valence-corrected chi connectivity index (χ3v) is 4.72. The van der Waals surface area contributed by atoms with Crippen LogP contribution in [0.25, 0.3) is 0 Å². The second-order valence-corrected chi connectivity index (χ2v) is 7.22. The van der Waals surface area contributed by atoms with Gasteiger partial charge in [-0.05, 0) is 37.5 Å². The zero-order chi connectivity index (χ0) is 18.2. The average molecular weight is 437 g/mol. The number of nitrogens with one attached hydrogen (secondary N) is 1. The number of alkyl halides is 4. The molecule has 8 heteroatoms. The fourth-order valence-electron chi connectivity index (χ4n) is 2.57. The summed E-state index contributed by atoms with van der Waals surface area (Å²) in [6, 6.07) is 3.92. The van der Waals surface area contributed by atoms with Crippen LogP contribution in [-0.2, 0) is 15.1 Å². The monoisotopic (exact) mass is 435 g/mol. The Balaban J connectivity index is 2.22. The summed E-state index contributed by atoms with van der Waals surface area (Å²) in [5, 5.41) is 2.92.